The highest BCUT2D eigenvalue weighted by atomic mass is 16.5. The van der Waals surface area contributed by atoms with Gasteiger partial charge in [-0.05, 0) is 69.1 Å². The van der Waals surface area contributed by atoms with Crippen LogP contribution < -0.4 is 14.4 Å². The zero-order chi connectivity index (χ0) is 34.9. The molecule has 1 heterocycles. The predicted octanol–water partition coefficient (Wildman–Crippen LogP) is 8.05. The topological polar surface area (TPSA) is 72.9 Å². The van der Waals surface area contributed by atoms with E-state index in [9.17, 15) is 0 Å². The van der Waals surface area contributed by atoms with Crippen molar-refractivity contribution in [2.75, 3.05) is 19.1 Å². The molecule has 0 spiro atoms. The first-order valence-electron chi connectivity index (χ1n) is 17.0. The van der Waals surface area contributed by atoms with Gasteiger partial charge < -0.3 is 9.47 Å². The van der Waals surface area contributed by atoms with Crippen molar-refractivity contribution in [3.05, 3.63) is 174 Å². The highest BCUT2D eigenvalue weighted by Gasteiger charge is 2.82. The molecule has 6 aromatic rings. The highest BCUT2D eigenvalue weighted by Crippen LogP contribution is 2.74. The number of rotatable bonds is 7. The van der Waals surface area contributed by atoms with Crippen molar-refractivity contribution in [1.29, 1.82) is 0 Å². The first-order chi connectivity index (χ1) is 25.0. The molecule has 248 valence electrons. The van der Waals surface area contributed by atoms with Gasteiger partial charge in [-0.25, -0.2) is 4.90 Å². The zero-order valence-corrected chi connectivity index (χ0v) is 28.1. The van der Waals surface area contributed by atoms with Crippen molar-refractivity contribution in [3.63, 3.8) is 0 Å². The van der Waals surface area contributed by atoms with Crippen LogP contribution in [0.5, 0.6) is 11.5 Å². The minimum Gasteiger partial charge on any atom is -0.497 e. The number of carbonyl (C=O) groups excluding carboxylic acids is 3. The molecule has 2 bridgehead atoms. The van der Waals surface area contributed by atoms with Gasteiger partial charge >= 0.3 is 0 Å². The molecule has 51 heavy (non-hydrogen) atoms. The van der Waals surface area contributed by atoms with Gasteiger partial charge in [0.1, 0.15) is 11.5 Å². The summed E-state index contributed by atoms with van der Waals surface area (Å²) in [6.07, 6.45) is 0. The van der Waals surface area contributed by atoms with E-state index in [1.54, 1.807) is 14.2 Å². The van der Waals surface area contributed by atoms with Crippen LogP contribution in [-0.2, 0) is 25.2 Å². The fourth-order valence-electron chi connectivity index (χ4n) is 9.28. The third kappa shape index (κ3) is 3.96. The lowest BCUT2D eigenvalue weighted by molar-refractivity contribution is -0.130. The third-order valence-electron chi connectivity index (χ3n) is 11.2. The van der Waals surface area contributed by atoms with Crippen LogP contribution in [0.3, 0.4) is 0 Å². The number of carbonyl (C=O) groups is 3. The molecule has 0 radical (unpaired) electrons. The maximum atomic E-state index is 16.2. The van der Waals surface area contributed by atoms with Gasteiger partial charge in [0.15, 0.2) is 5.78 Å². The number of nitrogens with zero attached hydrogens (tertiary/aromatic N) is 1. The Morgan fingerprint density at radius 2 is 0.922 bits per heavy atom. The fraction of sp³-hybridized carbons (Fsp3) is 0.133. The van der Waals surface area contributed by atoms with Gasteiger partial charge in [0.25, 0.3) is 0 Å². The van der Waals surface area contributed by atoms with Crippen LogP contribution >= 0.6 is 0 Å². The molecular weight excluding hydrogens is 634 g/mol. The minimum absolute atomic E-state index is 0.168. The van der Waals surface area contributed by atoms with Crippen molar-refractivity contribution in [2.24, 2.45) is 11.8 Å². The zero-order valence-electron chi connectivity index (χ0n) is 28.1. The maximum absolute atomic E-state index is 16.2. The molecule has 9 rings (SSSR count). The normalized spacial score (nSPS) is 23.6. The molecule has 6 aromatic carbocycles. The summed E-state index contributed by atoms with van der Waals surface area (Å²) in [5.74, 6) is -1.63. The van der Waals surface area contributed by atoms with E-state index >= 15 is 14.4 Å². The highest BCUT2D eigenvalue weighted by molar-refractivity contribution is 6.39. The maximum Gasteiger partial charge on any atom is 0.239 e. The van der Waals surface area contributed by atoms with E-state index in [0.29, 0.717) is 28.3 Å². The molecule has 4 unspecified atom stereocenters. The van der Waals surface area contributed by atoms with E-state index in [4.69, 9.17) is 9.47 Å². The largest absolute Gasteiger partial charge is 0.497 e. The Morgan fingerprint density at radius 1 is 0.490 bits per heavy atom. The lowest BCUT2D eigenvalue weighted by Gasteiger charge is -2.39. The Hall–Kier alpha value is -6.27. The lowest BCUT2D eigenvalue weighted by atomic mass is 9.59. The number of ketones is 1. The standard InChI is InChI=1S/C45H33NO5/c1-50-33-24-20-29(21-25-33)37-38(30-22-26-34(51-2)27-23-30)45(32-16-7-4-8-17-32)40-39(44(37,43(45)49)31-14-5-3-6-15-31)41(47)46(42(40)48)36-19-11-13-28-12-9-10-18-35(28)36/h3-27,39-40H,1-2H3. The summed E-state index contributed by atoms with van der Waals surface area (Å²) in [4.78, 5) is 48.4. The number of fused-ring (bicyclic) bond motifs is 6. The molecule has 0 aromatic heterocycles. The molecule has 1 saturated carbocycles. The number of benzene rings is 6. The quantitative estimate of drug-likeness (QED) is 0.161. The van der Waals surface area contributed by atoms with E-state index in [1.807, 2.05) is 152 Å². The Bertz CT molecular complexity index is 2270. The first kappa shape index (κ1) is 30.8. The number of ether oxygens (including phenoxy) is 2. The van der Waals surface area contributed by atoms with Gasteiger partial charge in [-0.2, -0.15) is 0 Å². The lowest BCUT2D eigenvalue weighted by Crippen LogP contribution is -2.45. The van der Waals surface area contributed by atoms with Crippen LogP contribution in [0.4, 0.5) is 5.69 Å². The van der Waals surface area contributed by atoms with Crippen molar-refractivity contribution in [2.45, 2.75) is 10.8 Å². The molecule has 1 aliphatic heterocycles. The number of Topliss-reactive ketones (excluding diaryl/α,β-unsaturated/α-hetero) is 1. The summed E-state index contributed by atoms with van der Waals surface area (Å²) in [5, 5.41) is 1.71. The Labute approximate surface area is 295 Å². The van der Waals surface area contributed by atoms with Gasteiger partial charge in [-0.1, -0.05) is 121 Å². The van der Waals surface area contributed by atoms with E-state index in [1.165, 1.54) is 4.90 Å². The number of allylic oxidation sites excluding steroid dienone is 2. The van der Waals surface area contributed by atoms with Crippen LogP contribution in [0.25, 0.3) is 21.9 Å². The predicted molar refractivity (Wildman–Crippen MR) is 197 cm³/mol. The second-order valence-corrected chi connectivity index (χ2v) is 13.3. The average Bonchev–Trinajstić information content (AvgIpc) is 3.70. The number of amides is 2. The number of hydrogen-bond donors (Lipinski definition) is 0. The third-order valence-corrected chi connectivity index (χ3v) is 11.2. The van der Waals surface area contributed by atoms with Gasteiger partial charge in [0.05, 0.1) is 42.6 Å². The van der Waals surface area contributed by atoms with E-state index in [0.717, 1.165) is 33.0 Å². The second-order valence-electron chi connectivity index (χ2n) is 13.3. The van der Waals surface area contributed by atoms with Gasteiger partial charge in [-0.15, -0.1) is 0 Å². The molecule has 3 aliphatic rings. The summed E-state index contributed by atoms with van der Waals surface area (Å²) in [6.45, 7) is 0. The molecule has 2 aliphatic carbocycles. The molecular formula is C45H33NO5. The number of anilines is 1. The summed E-state index contributed by atoms with van der Waals surface area (Å²) < 4.78 is 11.1. The molecule has 2 amide bonds. The smallest absolute Gasteiger partial charge is 0.239 e. The summed E-state index contributed by atoms with van der Waals surface area (Å²) in [6, 6.07) is 47.8. The van der Waals surface area contributed by atoms with Crippen LogP contribution in [-0.4, -0.2) is 31.8 Å². The second kappa shape index (κ2) is 11.4. The van der Waals surface area contributed by atoms with Crippen LogP contribution in [0.2, 0.25) is 0 Å². The van der Waals surface area contributed by atoms with Gasteiger partial charge in [0.2, 0.25) is 11.8 Å². The van der Waals surface area contributed by atoms with Crippen LogP contribution in [0.1, 0.15) is 22.3 Å². The van der Waals surface area contributed by atoms with Gasteiger partial charge in [0, 0.05) is 5.39 Å². The molecule has 6 nitrogen and oxygen atoms in total. The van der Waals surface area contributed by atoms with Crippen molar-refractivity contribution >= 4 is 45.2 Å². The molecule has 4 atom stereocenters. The summed E-state index contributed by atoms with van der Waals surface area (Å²) in [7, 11) is 3.23. The van der Waals surface area contributed by atoms with Crippen molar-refractivity contribution in [3.8, 4) is 11.5 Å². The van der Waals surface area contributed by atoms with E-state index in [-0.39, 0.29) is 17.6 Å². The Balaban J connectivity index is 1.44. The Kier molecular flexibility index (Phi) is 6.87. The summed E-state index contributed by atoms with van der Waals surface area (Å²) in [5.41, 5.74) is 1.87. The van der Waals surface area contributed by atoms with Crippen molar-refractivity contribution < 1.29 is 23.9 Å². The van der Waals surface area contributed by atoms with Crippen molar-refractivity contribution in [1.82, 2.24) is 0 Å². The minimum atomic E-state index is -1.50. The van der Waals surface area contributed by atoms with E-state index < -0.39 is 22.7 Å². The SMILES string of the molecule is COc1ccc(C2=C(c3ccc(OC)cc3)C3(c4ccccc4)C(=O)C2(c2ccccc2)C2C(=O)N(c4cccc5ccccc45)C(=O)C23)cc1. The van der Waals surface area contributed by atoms with Crippen LogP contribution in [0, 0.1) is 11.8 Å². The Morgan fingerprint density at radius 3 is 1.39 bits per heavy atom. The van der Waals surface area contributed by atoms with Crippen LogP contribution in [0.15, 0.2) is 152 Å². The number of hydrogen-bond acceptors (Lipinski definition) is 5. The molecule has 2 fully saturated rings. The molecule has 0 N–H and O–H groups in total. The van der Waals surface area contributed by atoms with E-state index in [2.05, 4.69) is 0 Å². The average molecular weight is 668 g/mol. The molecule has 6 heteroatoms. The monoisotopic (exact) mass is 667 g/mol. The summed E-state index contributed by atoms with van der Waals surface area (Å²) >= 11 is 0. The number of imide groups is 1. The molecule has 1 saturated heterocycles. The number of methoxy groups -OCH3 is 2. The first-order valence-corrected chi connectivity index (χ1v) is 17.0. The van der Waals surface area contributed by atoms with Gasteiger partial charge in [-0.3, -0.25) is 14.4 Å². The fourth-order valence-corrected chi connectivity index (χ4v) is 9.28.